The van der Waals surface area contributed by atoms with Crippen molar-refractivity contribution in [3.8, 4) is 0 Å². The van der Waals surface area contributed by atoms with Gasteiger partial charge < -0.3 is 4.90 Å². The van der Waals surface area contributed by atoms with Crippen LogP contribution in [0.2, 0.25) is 0 Å². The fourth-order valence-corrected chi connectivity index (χ4v) is 1.78. The molecule has 6 heteroatoms. The minimum absolute atomic E-state index is 0.202. The Hall–Kier alpha value is -1.20. The standard InChI is InChI=1S/C8H10F2N2O2/c9-8(10)3-5(4-8)12-2-1-6(13)11-7(12)14/h5H,1-4H2,(H,11,13,14). The van der Waals surface area contributed by atoms with E-state index in [4.69, 9.17) is 0 Å². The van der Waals surface area contributed by atoms with Crippen molar-refractivity contribution >= 4 is 11.9 Å². The third kappa shape index (κ3) is 1.56. The van der Waals surface area contributed by atoms with E-state index in [-0.39, 0.29) is 31.7 Å². The lowest BCUT2D eigenvalue weighted by Gasteiger charge is -2.43. The lowest BCUT2D eigenvalue weighted by atomic mass is 9.86. The first-order chi connectivity index (χ1) is 6.48. The highest BCUT2D eigenvalue weighted by Gasteiger charge is 2.49. The topological polar surface area (TPSA) is 49.4 Å². The van der Waals surface area contributed by atoms with E-state index < -0.39 is 18.0 Å². The monoisotopic (exact) mass is 204 g/mol. The van der Waals surface area contributed by atoms with Crippen molar-refractivity contribution in [3.05, 3.63) is 0 Å². The van der Waals surface area contributed by atoms with Crippen LogP contribution < -0.4 is 5.32 Å². The minimum Gasteiger partial charge on any atom is -0.321 e. The first-order valence-electron chi connectivity index (χ1n) is 4.46. The van der Waals surface area contributed by atoms with Gasteiger partial charge in [0.1, 0.15) is 0 Å². The summed E-state index contributed by atoms with van der Waals surface area (Å²) >= 11 is 0. The Labute approximate surface area is 79.2 Å². The van der Waals surface area contributed by atoms with Gasteiger partial charge in [-0.3, -0.25) is 10.1 Å². The van der Waals surface area contributed by atoms with Crippen LogP contribution in [0.25, 0.3) is 0 Å². The number of nitrogens with zero attached hydrogens (tertiary/aromatic N) is 1. The highest BCUT2D eigenvalue weighted by atomic mass is 19.3. The number of imide groups is 1. The molecule has 2 fully saturated rings. The SMILES string of the molecule is O=C1CCN(C2CC(F)(F)C2)C(=O)N1. The van der Waals surface area contributed by atoms with Crippen molar-refractivity contribution in [2.24, 2.45) is 0 Å². The lowest BCUT2D eigenvalue weighted by molar-refractivity contribution is -0.128. The summed E-state index contributed by atoms with van der Waals surface area (Å²) in [5.41, 5.74) is 0. The smallest absolute Gasteiger partial charge is 0.321 e. The van der Waals surface area contributed by atoms with E-state index in [2.05, 4.69) is 5.32 Å². The van der Waals surface area contributed by atoms with Gasteiger partial charge >= 0.3 is 6.03 Å². The van der Waals surface area contributed by atoms with Gasteiger partial charge in [-0.15, -0.1) is 0 Å². The van der Waals surface area contributed by atoms with Crippen LogP contribution in [0.4, 0.5) is 13.6 Å². The van der Waals surface area contributed by atoms with Crippen molar-refractivity contribution in [3.63, 3.8) is 0 Å². The molecule has 0 aromatic rings. The summed E-state index contributed by atoms with van der Waals surface area (Å²) in [4.78, 5) is 23.3. The number of hydrogen-bond acceptors (Lipinski definition) is 2. The Bertz CT molecular complexity index is 285. The number of alkyl halides is 2. The highest BCUT2D eigenvalue weighted by Crippen LogP contribution is 2.40. The van der Waals surface area contributed by atoms with Crippen LogP contribution in [-0.2, 0) is 4.79 Å². The van der Waals surface area contributed by atoms with E-state index in [1.165, 1.54) is 4.90 Å². The molecule has 0 spiro atoms. The zero-order valence-electron chi connectivity index (χ0n) is 7.43. The molecule has 1 saturated carbocycles. The molecule has 2 aliphatic rings. The number of carbonyl (C=O) groups excluding carboxylic acids is 2. The summed E-state index contributed by atoms with van der Waals surface area (Å²) in [7, 11) is 0. The molecule has 1 aliphatic heterocycles. The van der Waals surface area contributed by atoms with E-state index >= 15 is 0 Å². The van der Waals surface area contributed by atoms with Gasteiger partial charge in [-0.25, -0.2) is 13.6 Å². The van der Waals surface area contributed by atoms with Gasteiger partial charge in [0, 0.05) is 31.8 Å². The highest BCUT2D eigenvalue weighted by molar-refractivity contribution is 5.96. The van der Waals surface area contributed by atoms with E-state index in [1.54, 1.807) is 0 Å². The van der Waals surface area contributed by atoms with Crippen molar-refractivity contribution in [1.29, 1.82) is 0 Å². The third-order valence-electron chi connectivity index (χ3n) is 2.60. The number of amides is 3. The molecule has 0 aromatic carbocycles. The molecule has 1 N–H and O–H groups in total. The van der Waals surface area contributed by atoms with Gasteiger partial charge in [-0.05, 0) is 0 Å². The molecule has 0 bridgehead atoms. The van der Waals surface area contributed by atoms with Crippen molar-refractivity contribution in [1.82, 2.24) is 10.2 Å². The van der Waals surface area contributed by atoms with Crippen LogP contribution in [0.1, 0.15) is 19.3 Å². The largest absolute Gasteiger partial charge is 0.324 e. The maximum Gasteiger partial charge on any atom is 0.324 e. The minimum atomic E-state index is -2.63. The van der Waals surface area contributed by atoms with Crippen LogP contribution in [0, 0.1) is 0 Å². The summed E-state index contributed by atoms with van der Waals surface area (Å²) in [6, 6.07) is -0.945. The van der Waals surface area contributed by atoms with Crippen LogP contribution in [0.3, 0.4) is 0 Å². The number of carbonyl (C=O) groups is 2. The molecule has 14 heavy (non-hydrogen) atoms. The van der Waals surface area contributed by atoms with Gasteiger partial charge in [-0.2, -0.15) is 0 Å². The number of halogens is 2. The number of nitrogens with one attached hydrogen (secondary N) is 1. The third-order valence-corrected chi connectivity index (χ3v) is 2.60. The fraction of sp³-hybridized carbons (Fsp3) is 0.750. The molecule has 2 rings (SSSR count). The Morgan fingerprint density at radius 2 is 2.00 bits per heavy atom. The van der Waals surface area contributed by atoms with Crippen LogP contribution in [0.15, 0.2) is 0 Å². The summed E-state index contributed by atoms with van der Waals surface area (Å²) in [6.07, 6.45) is -0.364. The molecule has 1 aliphatic carbocycles. The molecule has 0 unspecified atom stereocenters. The Morgan fingerprint density at radius 1 is 1.36 bits per heavy atom. The molecule has 0 atom stereocenters. The van der Waals surface area contributed by atoms with Gasteiger partial charge in [0.2, 0.25) is 5.91 Å². The van der Waals surface area contributed by atoms with Crippen molar-refractivity contribution in [2.45, 2.75) is 31.2 Å². The van der Waals surface area contributed by atoms with Crippen LogP contribution in [-0.4, -0.2) is 35.3 Å². The molecular formula is C8H10F2N2O2. The molecule has 1 saturated heterocycles. The van der Waals surface area contributed by atoms with E-state index in [1.807, 2.05) is 0 Å². The van der Waals surface area contributed by atoms with Crippen molar-refractivity contribution in [2.75, 3.05) is 6.54 Å². The van der Waals surface area contributed by atoms with E-state index in [0.29, 0.717) is 0 Å². The van der Waals surface area contributed by atoms with E-state index in [9.17, 15) is 18.4 Å². The molecule has 0 aromatic heterocycles. The van der Waals surface area contributed by atoms with Crippen LogP contribution in [0.5, 0.6) is 0 Å². The van der Waals surface area contributed by atoms with Crippen LogP contribution >= 0.6 is 0 Å². The maximum absolute atomic E-state index is 12.5. The Morgan fingerprint density at radius 3 is 2.50 bits per heavy atom. The van der Waals surface area contributed by atoms with Gasteiger partial charge in [0.15, 0.2) is 0 Å². The summed E-state index contributed by atoms with van der Waals surface area (Å²) in [5, 5.41) is 2.11. The molecule has 1 heterocycles. The Balaban J connectivity index is 1.94. The molecule has 0 radical (unpaired) electrons. The van der Waals surface area contributed by atoms with Gasteiger partial charge in [0.05, 0.1) is 0 Å². The maximum atomic E-state index is 12.5. The van der Waals surface area contributed by atoms with Crippen molar-refractivity contribution < 1.29 is 18.4 Å². The second-order valence-electron chi connectivity index (χ2n) is 3.71. The fourth-order valence-electron chi connectivity index (χ4n) is 1.78. The van der Waals surface area contributed by atoms with Gasteiger partial charge in [0.25, 0.3) is 5.92 Å². The average molecular weight is 204 g/mol. The summed E-state index contributed by atoms with van der Waals surface area (Å²) < 4.78 is 25.0. The second kappa shape index (κ2) is 2.90. The number of rotatable bonds is 1. The van der Waals surface area contributed by atoms with E-state index in [0.717, 1.165) is 0 Å². The molecule has 3 amide bonds. The first kappa shape index (κ1) is 9.36. The predicted molar refractivity (Wildman–Crippen MR) is 42.8 cm³/mol. The molecule has 78 valence electrons. The zero-order valence-corrected chi connectivity index (χ0v) is 7.43. The second-order valence-corrected chi connectivity index (χ2v) is 3.71. The normalized spacial score (nSPS) is 27.1. The lowest BCUT2D eigenvalue weighted by Crippen LogP contribution is -2.59. The summed E-state index contributed by atoms with van der Waals surface area (Å²) in [5.74, 6) is -2.97. The number of hydrogen-bond donors (Lipinski definition) is 1. The first-order valence-corrected chi connectivity index (χ1v) is 4.46. The molecule has 4 nitrogen and oxygen atoms in total. The average Bonchev–Trinajstić information content (AvgIpc) is 2.00. The summed E-state index contributed by atoms with van der Waals surface area (Å²) in [6.45, 7) is 0.255. The molecular weight excluding hydrogens is 194 g/mol. The van der Waals surface area contributed by atoms with Gasteiger partial charge in [-0.1, -0.05) is 0 Å². The predicted octanol–water partition coefficient (Wildman–Crippen LogP) is 0.726. The quantitative estimate of drug-likeness (QED) is 0.684. The number of urea groups is 1. The Kier molecular flexibility index (Phi) is 1.94. The zero-order chi connectivity index (χ0) is 10.3.